The first-order valence-corrected chi connectivity index (χ1v) is 5.64. The molecule has 0 unspecified atom stereocenters. The lowest BCUT2D eigenvalue weighted by atomic mass is 10.0. The Morgan fingerprint density at radius 2 is 1.61 bits per heavy atom. The molecule has 0 bridgehead atoms. The van der Waals surface area contributed by atoms with Gasteiger partial charge in [0.2, 0.25) is 0 Å². The predicted octanol–water partition coefficient (Wildman–Crippen LogP) is 4.16. The van der Waals surface area contributed by atoms with Crippen molar-refractivity contribution in [2.24, 2.45) is 0 Å². The Bertz CT molecular complexity index is 603. The number of ketones is 1. The van der Waals surface area contributed by atoms with Gasteiger partial charge in [0.15, 0.2) is 5.78 Å². The molecule has 0 fully saturated rings. The molecule has 0 aromatic heterocycles. The smallest absolute Gasteiger partial charge is 0.200 e. The van der Waals surface area contributed by atoms with E-state index in [1.807, 2.05) is 0 Å². The fraction of sp³-hybridized carbons (Fsp3) is 0.0714. The molecule has 0 aliphatic rings. The van der Waals surface area contributed by atoms with Gasteiger partial charge in [0, 0.05) is 5.56 Å². The van der Waals surface area contributed by atoms with Crippen LogP contribution in [0, 0.1) is 18.6 Å². The average molecular weight is 267 g/mol. The third-order valence-corrected chi connectivity index (χ3v) is 3.13. The van der Waals surface area contributed by atoms with Crippen molar-refractivity contribution in [2.75, 3.05) is 0 Å². The summed E-state index contributed by atoms with van der Waals surface area (Å²) in [4.78, 5) is 12.1. The molecule has 2 rings (SSSR count). The van der Waals surface area contributed by atoms with Crippen molar-refractivity contribution < 1.29 is 13.6 Å². The van der Waals surface area contributed by atoms with Crippen LogP contribution in [0.1, 0.15) is 21.5 Å². The zero-order chi connectivity index (χ0) is 13.3. The molecule has 0 saturated heterocycles. The summed E-state index contributed by atoms with van der Waals surface area (Å²) in [5, 5.41) is 0.213. The van der Waals surface area contributed by atoms with Gasteiger partial charge in [-0.05, 0) is 30.7 Å². The van der Waals surface area contributed by atoms with Gasteiger partial charge >= 0.3 is 0 Å². The van der Waals surface area contributed by atoms with Crippen LogP contribution in [0.3, 0.4) is 0 Å². The number of hydrogen-bond donors (Lipinski definition) is 0. The lowest BCUT2D eigenvalue weighted by Gasteiger charge is -2.07. The summed E-state index contributed by atoms with van der Waals surface area (Å²) in [6, 6.07) is 8.08. The van der Waals surface area contributed by atoms with Gasteiger partial charge in [-0.1, -0.05) is 29.8 Å². The van der Waals surface area contributed by atoms with E-state index >= 15 is 0 Å². The van der Waals surface area contributed by atoms with Crippen molar-refractivity contribution in [1.82, 2.24) is 0 Å². The van der Waals surface area contributed by atoms with Gasteiger partial charge in [-0.2, -0.15) is 0 Å². The lowest BCUT2D eigenvalue weighted by Crippen LogP contribution is -2.08. The summed E-state index contributed by atoms with van der Waals surface area (Å²) in [5.74, 6) is -2.53. The minimum Gasteiger partial charge on any atom is -0.288 e. The van der Waals surface area contributed by atoms with E-state index in [1.165, 1.54) is 12.1 Å². The summed E-state index contributed by atoms with van der Waals surface area (Å²) in [5.41, 5.74) is 0.199. The summed E-state index contributed by atoms with van der Waals surface area (Å²) in [6.45, 7) is 1.72. The fourth-order valence-corrected chi connectivity index (χ4v) is 1.88. The second-order valence-electron chi connectivity index (χ2n) is 3.86. The highest BCUT2D eigenvalue weighted by atomic mass is 35.5. The van der Waals surface area contributed by atoms with E-state index in [-0.39, 0.29) is 10.6 Å². The molecule has 2 aromatic rings. The molecular weight excluding hydrogens is 258 g/mol. The minimum absolute atomic E-state index is 0.0978. The van der Waals surface area contributed by atoms with Gasteiger partial charge in [-0.3, -0.25) is 4.79 Å². The number of carbonyl (C=O) groups excluding carboxylic acids is 1. The first kappa shape index (κ1) is 12.7. The van der Waals surface area contributed by atoms with Gasteiger partial charge in [0.25, 0.3) is 0 Å². The second-order valence-corrected chi connectivity index (χ2v) is 4.24. The van der Waals surface area contributed by atoms with Gasteiger partial charge in [-0.25, -0.2) is 8.78 Å². The topological polar surface area (TPSA) is 17.1 Å². The van der Waals surface area contributed by atoms with Crippen molar-refractivity contribution in [3.63, 3.8) is 0 Å². The Morgan fingerprint density at radius 3 is 2.22 bits per heavy atom. The number of rotatable bonds is 2. The average Bonchev–Trinajstić information content (AvgIpc) is 2.32. The van der Waals surface area contributed by atoms with Gasteiger partial charge in [-0.15, -0.1) is 0 Å². The van der Waals surface area contributed by atoms with Crippen LogP contribution in [0.2, 0.25) is 5.02 Å². The van der Waals surface area contributed by atoms with E-state index in [2.05, 4.69) is 0 Å². The Balaban J connectivity index is 2.59. The zero-order valence-corrected chi connectivity index (χ0v) is 10.3. The van der Waals surface area contributed by atoms with Crippen molar-refractivity contribution in [3.8, 4) is 0 Å². The van der Waals surface area contributed by atoms with Gasteiger partial charge in [0.05, 0.1) is 10.6 Å². The van der Waals surface area contributed by atoms with Crippen molar-refractivity contribution in [1.29, 1.82) is 0 Å². The molecule has 0 aliphatic heterocycles. The largest absolute Gasteiger partial charge is 0.288 e. The quantitative estimate of drug-likeness (QED) is 0.746. The highest BCUT2D eigenvalue weighted by molar-refractivity contribution is 6.35. The van der Waals surface area contributed by atoms with E-state index in [4.69, 9.17) is 11.6 Å². The van der Waals surface area contributed by atoms with Crippen LogP contribution >= 0.6 is 11.6 Å². The molecule has 0 saturated carbocycles. The minimum atomic E-state index is -0.891. The number of benzene rings is 2. The second kappa shape index (κ2) is 4.86. The zero-order valence-electron chi connectivity index (χ0n) is 9.51. The summed E-state index contributed by atoms with van der Waals surface area (Å²) >= 11 is 5.98. The molecular formula is C14H9ClF2O. The molecule has 0 spiro atoms. The summed E-state index contributed by atoms with van der Waals surface area (Å²) in [7, 11) is 0. The molecule has 4 heteroatoms. The molecule has 0 radical (unpaired) electrons. The monoisotopic (exact) mass is 266 g/mol. The van der Waals surface area contributed by atoms with Crippen LogP contribution in [0.5, 0.6) is 0 Å². The molecule has 0 N–H and O–H groups in total. The van der Waals surface area contributed by atoms with Crippen LogP contribution < -0.4 is 0 Å². The van der Waals surface area contributed by atoms with E-state index in [0.717, 1.165) is 12.1 Å². The maximum atomic E-state index is 13.5. The number of halogens is 3. The predicted molar refractivity (Wildman–Crippen MR) is 66.0 cm³/mol. The molecule has 0 aliphatic carbocycles. The molecule has 1 nitrogen and oxygen atoms in total. The van der Waals surface area contributed by atoms with Crippen LogP contribution in [-0.2, 0) is 0 Å². The van der Waals surface area contributed by atoms with Crippen LogP contribution in [0.4, 0.5) is 8.78 Å². The highest BCUT2D eigenvalue weighted by Gasteiger charge is 2.21. The van der Waals surface area contributed by atoms with Crippen molar-refractivity contribution >= 4 is 17.4 Å². The summed E-state index contributed by atoms with van der Waals surface area (Å²) in [6.07, 6.45) is 0. The normalized spacial score (nSPS) is 10.4. The van der Waals surface area contributed by atoms with E-state index in [1.54, 1.807) is 19.1 Å². The lowest BCUT2D eigenvalue weighted by molar-refractivity contribution is 0.103. The third kappa shape index (κ3) is 2.14. The van der Waals surface area contributed by atoms with Gasteiger partial charge in [0.1, 0.15) is 11.6 Å². The Labute approximate surface area is 108 Å². The first-order valence-electron chi connectivity index (χ1n) is 5.26. The SMILES string of the molecule is Cc1cccc(C(=O)c2c(F)cccc2F)c1Cl. The Kier molecular flexibility index (Phi) is 3.43. The molecule has 2 aromatic carbocycles. The number of aryl methyl sites for hydroxylation is 1. The fourth-order valence-electron chi connectivity index (χ4n) is 1.67. The Morgan fingerprint density at radius 1 is 1.06 bits per heavy atom. The van der Waals surface area contributed by atoms with Crippen molar-refractivity contribution in [2.45, 2.75) is 6.92 Å². The summed E-state index contributed by atoms with van der Waals surface area (Å²) < 4.78 is 27.0. The van der Waals surface area contributed by atoms with E-state index in [0.29, 0.717) is 5.56 Å². The van der Waals surface area contributed by atoms with Crippen LogP contribution in [0.15, 0.2) is 36.4 Å². The Hall–Kier alpha value is -1.74. The van der Waals surface area contributed by atoms with E-state index in [9.17, 15) is 13.6 Å². The molecule has 0 heterocycles. The maximum Gasteiger partial charge on any atom is 0.200 e. The van der Waals surface area contributed by atoms with Crippen LogP contribution in [-0.4, -0.2) is 5.78 Å². The molecule has 18 heavy (non-hydrogen) atoms. The standard InChI is InChI=1S/C14H9ClF2O/c1-8-4-2-5-9(13(8)15)14(18)12-10(16)6-3-7-11(12)17/h2-7H,1H3. The molecule has 0 atom stereocenters. The number of carbonyl (C=O) groups is 1. The van der Waals surface area contributed by atoms with Crippen LogP contribution in [0.25, 0.3) is 0 Å². The van der Waals surface area contributed by atoms with Gasteiger partial charge < -0.3 is 0 Å². The van der Waals surface area contributed by atoms with E-state index < -0.39 is 23.0 Å². The van der Waals surface area contributed by atoms with Crippen molar-refractivity contribution in [3.05, 3.63) is 69.7 Å². The highest BCUT2D eigenvalue weighted by Crippen LogP contribution is 2.25. The molecule has 0 amide bonds. The molecule has 92 valence electrons. The maximum absolute atomic E-state index is 13.5. The number of hydrogen-bond acceptors (Lipinski definition) is 1. The third-order valence-electron chi connectivity index (χ3n) is 2.63. The first-order chi connectivity index (χ1) is 8.52.